The number of benzene rings is 2. The highest BCUT2D eigenvalue weighted by molar-refractivity contribution is 6.31. The highest BCUT2D eigenvalue weighted by Gasteiger charge is 2.38. The number of aromatic nitrogens is 2. The van der Waals surface area contributed by atoms with Crippen molar-refractivity contribution in [1.29, 1.82) is 0 Å². The molecule has 2 saturated heterocycles. The minimum absolute atomic E-state index is 0.0322. The van der Waals surface area contributed by atoms with Crippen molar-refractivity contribution in [2.45, 2.75) is 25.2 Å². The summed E-state index contributed by atoms with van der Waals surface area (Å²) in [5, 5.41) is 4.69. The summed E-state index contributed by atoms with van der Waals surface area (Å²) in [6.07, 6.45) is 2.50. The van der Waals surface area contributed by atoms with Gasteiger partial charge in [-0.25, -0.2) is 0 Å². The maximum Gasteiger partial charge on any atom is 0.230 e. The summed E-state index contributed by atoms with van der Waals surface area (Å²) in [6.45, 7) is 3.17. The van der Waals surface area contributed by atoms with Crippen LogP contribution in [0.3, 0.4) is 0 Å². The van der Waals surface area contributed by atoms with Gasteiger partial charge in [0.05, 0.1) is 5.92 Å². The predicted octanol–water partition coefficient (Wildman–Crippen LogP) is 3.97. The molecule has 3 aliphatic rings. The van der Waals surface area contributed by atoms with Crippen LogP contribution < -0.4 is 9.80 Å². The fourth-order valence-corrected chi connectivity index (χ4v) is 5.06. The van der Waals surface area contributed by atoms with Crippen LogP contribution in [0.5, 0.6) is 0 Å². The van der Waals surface area contributed by atoms with Gasteiger partial charge in [0.25, 0.3) is 0 Å². The van der Waals surface area contributed by atoms with Crippen LogP contribution in [0.1, 0.15) is 31.1 Å². The Bertz CT molecular complexity index is 1250. The highest BCUT2D eigenvalue weighted by Crippen LogP contribution is 2.39. The fraction of sp³-hybridized carbons (Fsp3) is 0.385. The second-order valence-corrected chi connectivity index (χ2v) is 9.91. The van der Waals surface area contributed by atoms with Crippen molar-refractivity contribution in [2.75, 3.05) is 42.5 Å². The Morgan fingerprint density at radius 3 is 2.49 bits per heavy atom. The van der Waals surface area contributed by atoms with Crippen LogP contribution in [0.15, 0.2) is 53.1 Å². The number of rotatable bonds is 5. The van der Waals surface area contributed by atoms with Crippen molar-refractivity contribution < 1.29 is 14.1 Å². The Morgan fingerprint density at radius 2 is 1.77 bits per heavy atom. The van der Waals surface area contributed by atoms with Crippen LogP contribution in [-0.2, 0) is 9.59 Å². The molecule has 6 rings (SSSR count). The number of nitrogens with zero attached hydrogens (tertiary/aromatic N) is 5. The second-order valence-electron chi connectivity index (χ2n) is 9.47. The molecule has 1 aromatic heterocycles. The molecular weight excluding hydrogens is 466 g/mol. The van der Waals surface area contributed by atoms with Gasteiger partial charge in [-0.1, -0.05) is 22.8 Å². The minimum atomic E-state index is -0.317. The monoisotopic (exact) mass is 491 g/mol. The van der Waals surface area contributed by atoms with Gasteiger partial charge in [0.2, 0.25) is 23.5 Å². The van der Waals surface area contributed by atoms with E-state index in [0.717, 1.165) is 48.8 Å². The molecule has 1 saturated carbocycles. The van der Waals surface area contributed by atoms with Gasteiger partial charge in [-0.2, -0.15) is 4.98 Å². The number of amides is 2. The third kappa shape index (κ3) is 4.50. The van der Waals surface area contributed by atoms with E-state index in [2.05, 4.69) is 27.2 Å². The minimum Gasteiger partial charge on any atom is -0.368 e. The molecule has 3 aromatic rings. The number of halogens is 1. The van der Waals surface area contributed by atoms with E-state index in [9.17, 15) is 9.59 Å². The van der Waals surface area contributed by atoms with Crippen LogP contribution in [0.2, 0.25) is 5.02 Å². The lowest BCUT2D eigenvalue weighted by atomic mass is 10.1. The topological polar surface area (TPSA) is 82.8 Å². The van der Waals surface area contributed by atoms with Crippen LogP contribution in [0, 0.1) is 5.92 Å². The molecule has 9 heteroatoms. The number of hydrogen-bond acceptors (Lipinski definition) is 6. The largest absolute Gasteiger partial charge is 0.368 e. The van der Waals surface area contributed by atoms with E-state index in [4.69, 9.17) is 16.1 Å². The number of anilines is 2. The van der Waals surface area contributed by atoms with Gasteiger partial charge in [-0.05, 0) is 55.3 Å². The normalized spacial score (nSPS) is 20.5. The molecule has 0 spiro atoms. The number of carbonyl (C=O) groups is 2. The first-order chi connectivity index (χ1) is 17.0. The number of piperazine rings is 1. The molecule has 2 aliphatic heterocycles. The molecule has 0 N–H and O–H groups in total. The van der Waals surface area contributed by atoms with E-state index in [0.29, 0.717) is 36.4 Å². The van der Waals surface area contributed by atoms with Gasteiger partial charge < -0.3 is 19.2 Å². The van der Waals surface area contributed by atoms with Gasteiger partial charge in [0.15, 0.2) is 0 Å². The molecule has 3 fully saturated rings. The quantitative estimate of drug-likeness (QED) is 0.537. The standard InChI is InChI=1S/C26H26ClN5O3/c27-20-2-1-3-22(15-20)32-16-19(14-23(32)33)26(34)31-12-10-30(11-13-31)21-8-6-17(7-9-21)24-28-25(35-29-24)18-4-5-18/h1-3,6-9,15,18-19H,4-5,10-14,16H2/t19-/m1/s1. The highest BCUT2D eigenvalue weighted by atomic mass is 35.5. The Hall–Kier alpha value is -3.39. The zero-order chi connectivity index (χ0) is 23.9. The number of hydrogen-bond donors (Lipinski definition) is 0. The second kappa shape index (κ2) is 9.00. The Labute approximate surface area is 208 Å². The molecule has 35 heavy (non-hydrogen) atoms. The van der Waals surface area contributed by atoms with Crippen molar-refractivity contribution in [2.24, 2.45) is 5.92 Å². The molecule has 180 valence electrons. The first kappa shape index (κ1) is 22.1. The number of carbonyl (C=O) groups excluding carboxylic acids is 2. The molecule has 8 nitrogen and oxygen atoms in total. The first-order valence-electron chi connectivity index (χ1n) is 12.1. The average Bonchev–Trinajstić information content (AvgIpc) is 3.48. The molecule has 0 unspecified atom stereocenters. The van der Waals surface area contributed by atoms with Gasteiger partial charge in [-0.15, -0.1) is 0 Å². The molecule has 0 bridgehead atoms. The van der Waals surface area contributed by atoms with Crippen molar-refractivity contribution in [3.8, 4) is 11.4 Å². The Balaban J connectivity index is 1.05. The van der Waals surface area contributed by atoms with Crippen molar-refractivity contribution in [3.63, 3.8) is 0 Å². The van der Waals surface area contributed by atoms with E-state index in [1.54, 1.807) is 17.0 Å². The van der Waals surface area contributed by atoms with Gasteiger partial charge in [0, 0.05) is 67.0 Å². The summed E-state index contributed by atoms with van der Waals surface area (Å²) in [7, 11) is 0. The van der Waals surface area contributed by atoms with Crippen LogP contribution in [0.25, 0.3) is 11.4 Å². The Kier molecular flexibility index (Phi) is 5.68. The van der Waals surface area contributed by atoms with Gasteiger partial charge in [-0.3, -0.25) is 9.59 Å². The summed E-state index contributed by atoms with van der Waals surface area (Å²) in [4.78, 5) is 36.1. The maximum atomic E-state index is 13.2. The molecule has 3 heterocycles. The summed E-state index contributed by atoms with van der Waals surface area (Å²) in [5.74, 6) is 1.52. The van der Waals surface area contributed by atoms with Crippen LogP contribution in [-0.4, -0.2) is 59.6 Å². The van der Waals surface area contributed by atoms with Crippen LogP contribution in [0.4, 0.5) is 11.4 Å². The zero-order valence-corrected chi connectivity index (χ0v) is 20.0. The molecule has 1 atom stereocenters. The Morgan fingerprint density at radius 1 is 1.00 bits per heavy atom. The average molecular weight is 492 g/mol. The molecular formula is C26H26ClN5O3. The van der Waals surface area contributed by atoms with Crippen LogP contribution >= 0.6 is 11.6 Å². The summed E-state index contributed by atoms with van der Waals surface area (Å²) >= 11 is 6.08. The van der Waals surface area contributed by atoms with Gasteiger partial charge >= 0.3 is 0 Å². The lowest BCUT2D eigenvalue weighted by molar-refractivity contribution is -0.136. The molecule has 1 aliphatic carbocycles. The summed E-state index contributed by atoms with van der Waals surface area (Å²) in [5.41, 5.74) is 2.79. The smallest absolute Gasteiger partial charge is 0.230 e. The molecule has 2 aromatic carbocycles. The third-order valence-electron chi connectivity index (χ3n) is 7.04. The SMILES string of the molecule is O=C([C@@H]1CC(=O)N(c2cccc(Cl)c2)C1)N1CCN(c2ccc(-c3noc(C4CC4)n3)cc2)CC1. The predicted molar refractivity (Wildman–Crippen MR) is 132 cm³/mol. The fourth-order valence-electron chi connectivity index (χ4n) is 4.88. The zero-order valence-electron chi connectivity index (χ0n) is 19.3. The summed E-state index contributed by atoms with van der Waals surface area (Å²) < 4.78 is 5.37. The lowest BCUT2D eigenvalue weighted by Gasteiger charge is -2.37. The van der Waals surface area contributed by atoms with Crippen molar-refractivity contribution >= 4 is 34.8 Å². The maximum absolute atomic E-state index is 13.2. The van der Waals surface area contributed by atoms with Crippen molar-refractivity contribution in [1.82, 2.24) is 15.0 Å². The molecule has 2 amide bonds. The third-order valence-corrected chi connectivity index (χ3v) is 7.28. The van der Waals surface area contributed by atoms with E-state index < -0.39 is 0 Å². The molecule has 0 radical (unpaired) electrons. The van der Waals surface area contributed by atoms with E-state index >= 15 is 0 Å². The van der Waals surface area contributed by atoms with E-state index in [1.807, 2.05) is 29.2 Å². The van der Waals surface area contributed by atoms with E-state index in [-0.39, 0.29) is 24.2 Å². The van der Waals surface area contributed by atoms with Crippen molar-refractivity contribution in [3.05, 3.63) is 59.4 Å². The first-order valence-corrected chi connectivity index (χ1v) is 12.5. The van der Waals surface area contributed by atoms with E-state index in [1.165, 1.54) is 0 Å². The van der Waals surface area contributed by atoms with Gasteiger partial charge in [0.1, 0.15) is 0 Å². The lowest BCUT2D eigenvalue weighted by Crippen LogP contribution is -2.50. The summed E-state index contributed by atoms with van der Waals surface area (Å²) in [6, 6.07) is 15.4.